The third-order valence-corrected chi connectivity index (χ3v) is 4.54. The number of halogens is 1. The largest absolute Gasteiger partial charge is 0.394 e. The average Bonchev–Trinajstić information content (AvgIpc) is 2.61. The highest BCUT2D eigenvalue weighted by Crippen LogP contribution is 2.23. The quantitative estimate of drug-likeness (QED) is 0.546. The summed E-state index contributed by atoms with van der Waals surface area (Å²) in [6.45, 7) is -0.398. The van der Waals surface area contributed by atoms with Crippen LogP contribution in [0.5, 0.6) is 0 Å². The van der Waals surface area contributed by atoms with E-state index in [2.05, 4.69) is 4.98 Å². The molecule has 124 valence electrons. The lowest BCUT2D eigenvalue weighted by molar-refractivity contribution is 0.113. The van der Waals surface area contributed by atoms with Gasteiger partial charge in [-0.05, 0) is 24.3 Å². The van der Waals surface area contributed by atoms with Gasteiger partial charge in [0.1, 0.15) is 5.82 Å². The molecular weight excluding hydrogens is 331 g/mol. The molecule has 0 radical (unpaired) electrons. The molecule has 1 heterocycles. The molecule has 24 heavy (non-hydrogen) atoms. The van der Waals surface area contributed by atoms with Crippen molar-refractivity contribution in [3.63, 3.8) is 0 Å². The molecular formula is C17H15FN2O3S. The van der Waals surface area contributed by atoms with Crippen LogP contribution < -0.4 is 5.56 Å². The fourth-order valence-electron chi connectivity index (χ4n) is 2.28. The zero-order chi connectivity index (χ0) is 17.1. The van der Waals surface area contributed by atoms with Gasteiger partial charge in [0.25, 0.3) is 5.56 Å². The van der Waals surface area contributed by atoms with Crippen molar-refractivity contribution in [3.05, 3.63) is 64.7 Å². The van der Waals surface area contributed by atoms with Gasteiger partial charge in [0.05, 0.1) is 29.3 Å². The highest BCUT2D eigenvalue weighted by atomic mass is 32.2. The van der Waals surface area contributed by atoms with Gasteiger partial charge in [0, 0.05) is 5.75 Å². The predicted molar refractivity (Wildman–Crippen MR) is 91.1 cm³/mol. The van der Waals surface area contributed by atoms with Crippen molar-refractivity contribution < 1.29 is 14.6 Å². The number of aliphatic hydroxyl groups is 2. The Kier molecular flexibility index (Phi) is 4.94. The zero-order valence-electron chi connectivity index (χ0n) is 12.6. The van der Waals surface area contributed by atoms with E-state index in [4.69, 9.17) is 5.11 Å². The van der Waals surface area contributed by atoms with E-state index in [1.165, 1.54) is 16.7 Å². The predicted octanol–water partition coefficient (Wildman–Crippen LogP) is 1.97. The Balaban J connectivity index is 2.22. The maximum absolute atomic E-state index is 14.2. The van der Waals surface area contributed by atoms with Crippen LogP contribution in [0.1, 0.15) is 0 Å². The molecule has 2 N–H and O–H groups in total. The molecule has 0 fully saturated rings. The Labute approximate surface area is 141 Å². The van der Waals surface area contributed by atoms with Crippen LogP contribution in [0.4, 0.5) is 4.39 Å². The Morgan fingerprint density at radius 3 is 2.62 bits per heavy atom. The average molecular weight is 346 g/mol. The first kappa shape index (κ1) is 16.6. The molecule has 5 nitrogen and oxygen atoms in total. The first-order valence-corrected chi connectivity index (χ1v) is 8.29. The number of fused-ring (bicyclic) bond motifs is 1. The first-order chi connectivity index (χ1) is 11.6. The summed E-state index contributed by atoms with van der Waals surface area (Å²) in [5, 5.41) is 19.2. The van der Waals surface area contributed by atoms with E-state index in [0.29, 0.717) is 10.9 Å². The lowest BCUT2D eigenvalue weighted by Gasteiger charge is -2.14. The van der Waals surface area contributed by atoms with Gasteiger partial charge in [0.2, 0.25) is 0 Å². The van der Waals surface area contributed by atoms with Crippen LogP contribution in [-0.2, 0) is 0 Å². The van der Waals surface area contributed by atoms with Gasteiger partial charge in [0.15, 0.2) is 5.16 Å². The molecule has 2 aromatic carbocycles. The van der Waals surface area contributed by atoms with Crippen molar-refractivity contribution in [3.8, 4) is 5.69 Å². The van der Waals surface area contributed by atoms with Gasteiger partial charge < -0.3 is 10.2 Å². The monoisotopic (exact) mass is 346 g/mol. The summed E-state index contributed by atoms with van der Waals surface area (Å²) in [5.41, 5.74) is 0.213. The van der Waals surface area contributed by atoms with E-state index in [-0.39, 0.29) is 22.2 Å². The van der Waals surface area contributed by atoms with E-state index in [0.717, 1.165) is 11.8 Å². The first-order valence-electron chi connectivity index (χ1n) is 7.30. The van der Waals surface area contributed by atoms with E-state index in [1.54, 1.807) is 36.4 Å². The van der Waals surface area contributed by atoms with Crippen LogP contribution in [0.25, 0.3) is 16.6 Å². The van der Waals surface area contributed by atoms with E-state index < -0.39 is 18.5 Å². The molecule has 3 aromatic rings. The number of aliphatic hydroxyl groups excluding tert-OH is 2. The molecule has 0 saturated carbocycles. The van der Waals surface area contributed by atoms with Crippen molar-refractivity contribution in [2.75, 3.05) is 12.4 Å². The molecule has 7 heteroatoms. The van der Waals surface area contributed by atoms with Crippen molar-refractivity contribution in [2.45, 2.75) is 11.3 Å². The second-order valence-corrected chi connectivity index (χ2v) is 6.14. The molecule has 0 bridgehead atoms. The normalized spacial score (nSPS) is 12.5. The van der Waals surface area contributed by atoms with Gasteiger partial charge in [-0.2, -0.15) is 0 Å². The summed E-state index contributed by atoms with van der Waals surface area (Å²) < 4.78 is 15.4. The van der Waals surface area contributed by atoms with Gasteiger partial charge in [-0.25, -0.2) is 9.37 Å². The lowest BCUT2D eigenvalue weighted by Crippen LogP contribution is -2.24. The molecule has 1 unspecified atom stereocenters. The van der Waals surface area contributed by atoms with Gasteiger partial charge >= 0.3 is 0 Å². The fraction of sp³-hybridized carbons (Fsp3) is 0.176. The number of thioether (sulfide) groups is 1. The van der Waals surface area contributed by atoms with E-state index >= 15 is 0 Å². The highest BCUT2D eigenvalue weighted by molar-refractivity contribution is 7.99. The second kappa shape index (κ2) is 7.12. The highest BCUT2D eigenvalue weighted by Gasteiger charge is 2.16. The molecule has 0 aliphatic heterocycles. The van der Waals surface area contributed by atoms with Crippen LogP contribution >= 0.6 is 11.8 Å². The van der Waals surface area contributed by atoms with Crippen molar-refractivity contribution in [1.29, 1.82) is 0 Å². The number of para-hydroxylation sites is 2. The molecule has 1 atom stereocenters. The summed E-state index contributed by atoms with van der Waals surface area (Å²) in [4.78, 5) is 17.3. The molecule has 0 saturated heterocycles. The number of nitrogens with zero attached hydrogens (tertiary/aromatic N) is 2. The minimum atomic E-state index is -0.951. The van der Waals surface area contributed by atoms with Crippen LogP contribution in [0.15, 0.2) is 58.5 Å². The second-order valence-electron chi connectivity index (χ2n) is 5.15. The number of benzene rings is 2. The summed E-state index contributed by atoms with van der Waals surface area (Å²) >= 11 is 1.09. The standard InChI is InChI=1S/C17H15FN2O3S/c18-13-6-2-4-8-15(13)20-16(23)12-5-1-3-7-14(12)19-17(20)24-10-11(22)9-21/h1-8,11,21-22H,9-10H2. The lowest BCUT2D eigenvalue weighted by atomic mass is 10.2. The van der Waals surface area contributed by atoms with Crippen LogP contribution in [0.3, 0.4) is 0 Å². The number of hydrogen-bond acceptors (Lipinski definition) is 5. The number of hydrogen-bond donors (Lipinski definition) is 2. The Hall–Kier alpha value is -2.22. The van der Waals surface area contributed by atoms with Gasteiger partial charge in [-0.3, -0.25) is 9.36 Å². The molecule has 0 spiro atoms. The van der Waals surface area contributed by atoms with Gasteiger partial charge in [-0.1, -0.05) is 36.0 Å². The summed E-state index contributed by atoms with van der Waals surface area (Å²) in [5.74, 6) is -0.406. The minimum Gasteiger partial charge on any atom is -0.394 e. The maximum Gasteiger partial charge on any atom is 0.266 e. The Morgan fingerprint density at radius 1 is 1.17 bits per heavy atom. The third-order valence-electron chi connectivity index (χ3n) is 3.45. The number of rotatable bonds is 5. The minimum absolute atomic E-state index is 0.0988. The third kappa shape index (κ3) is 3.19. The molecule has 0 aliphatic carbocycles. The van der Waals surface area contributed by atoms with Crippen molar-refractivity contribution in [2.24, 2.45) is 0 Å². The Morgan fingerprint density at radius 2 is 1.88 bits per heavy atom. The Bertz CT molecular complexity index is 929. The summed E-state index contributed by atoms with van der Waals surface area (Å²) in [6, 6.07) is 12.8. The van der Waals surface area contributed by atoms with Crippen molar-refractivity contribution >= 4 is 22.7 Å². The molecule has 3 rings (SSSR count). The van der Waals surface area contributed by atoms with Crippen molar-refractivity contribution in [1.82, 2.24) is 9.55 Å². The SMILES string of the molecule is O=c1c2ccccc2nc(SCC(O)CO)n1-c1ccccc1F. The summed E-state index contributed by atoms with van der Waals surface area (Å²) in [6.07, 6.45) is -0.951. The van der Waals surface area contributed by atoms with Crippen LogP contribution in [-0.4, -0.2) is 38.2 Å². The van der Waals surface area contributed by atoms with Crippen LogP contribution in [0, 0.1) is 5.82 Å². The van der Waals surface area contributed by atoms with E-state index in [1.807, 2.05) is 0 Å². The molecule has 1 aromatic heterocycles. The topological polar surface area (TPSA) is 75.3 Å². The fourth-order valence-corrected chi connectivity index (χ4v) is 3.20. The van der Waals surface area contributed by atoms with Gasteiger partial charge in [-0.15, -0.1) is 0 Å². The van der Waals surface area contributed by atoms with E-state index in [9.17, 15) is 14.3 Å². The zero-order valence-corrected chi connectivity index (χ0v) is 13.4. The molecule has 0 aliphatic rings. The number of aromatic nitrogens is 2. The maximum atomic E-state index is 14.2. The molecule has 0 amide bonds. The van der Waals surface area contributed by atoms with Crippen LogP contribution in [0.2, 0.25) is 0 Å². The smallest absolute Gasteiger partial charge is 0.266 e. The summed E-state index contributed by atoms with van der Waals surface area (Å²) in [7, 11) is 0.